The third-order valence-corrected chi connectivity index (χ3v) is 6.36. The molecule has 0 spiro atoms. The van der Waals surface area contributed by atoms with Gasteiger partial charge in [0.1, 0.15) is 0 Å². The Kier molecular flexibility index (Phi) is 7.52. The molecule has 4 unspecified atom stereocenters. The van der Waals surface area contributed by atoms with Crippen molar-refractivity contribution in [1.29, 1.82) is 0 Å². The van der Waals surface area contributed by atoms with Crippen molar-refractivity contribution < 1.29 is 14.3 Å². The van der Waals surface area contributed by atoms with Crippen LogP contribution in [0.25, 0.3) is 0 Å². The Morgan fingerprint density at radius 1 is 1.11 bits per heavy atom. The molecule has 2 bridgehead atoms. The van der Waals surface area contributed by atoms with Crippen molar-refractivity contribution in [3.63, 3.8) is 0 Å². The number of amides is 2. The summed E-state index contributed by atoms with van der Waals surface area (Å²) in [6, 6.07) is 9.44. The summed E-state index contributed by atoms with van der Waals surface area (Å²) < 4.78 is 4.67. The highest BCUT2D eigenvalue weighted by molar-refractivity contribution is 5.89. The Bertz CT molecular complexity index is 674. The van der Waals surface area contributed by atoms with Crippen molar-refractivity contribution in [2.24, 2.45) is 23.7 Å². The first kappa shape index (κ1) is 20.4. The smallest absolute Gasteiger partial charge is 0.319 e. The number of benzene rings is 1. The largest absolute Gasteiger partial charge is 0.469 e. The van der Waals surface area contributed by atoms with Crippen LogP contribution in [0.1, 0.15) is 44.9 Å². The number of carbonyl (C=O) groups is 2. The number of hydrogen-bond acceptors (Lipinski definition) is 3. The molecule has 0 radical (unpaired) electrons. The number of esters is 1. The van der Waals surface area contributed by atoms with Gasteiger partial charge >= 0.3 is 12.0 Å². The molecule has 152 valence electrons. The second kappa shape index (κ2) is 10.3. The van der Waals surface area contributed by atoms with Crippen molar-refractivity contribution in [3.05, 3.63) is 42.5 Å². The summed E-state index contributed by atoms with van der Waals surface area (Å²) in [6.07, 6.45) is 11.7. The number of rotatable bonds is 9. The first-order valence-electron chi connectivity index (χ1n) is 10.5. The lowest BCUT2D eigenvalue weighted by molar-refractivity contribution is -0.140. The van der Waals surface area contributed by atoms with Crippen LogP contribution in [-0.4, -0.2) is 25.7 Å². The zero-order chi connectivity index (χ0) is 19.8. The van der Waals surface area contributed by atoms with Gasteiger partial charge in [0, 0.05) is 18.7 Å². The Labute approximate surface area is 167 Å². The van der Waals surface area contributed by atoms with Gasteiger partial charge in [-0.05, 0) is 74.3 Å². The standard InChI is InChI=1S/C23H32N2O3/c1-28-22(26)12-8-3-2-7-11-20-17-13-14-18(15-17)21(20)16-24-23(27)25-19-9-5-4-6-10-19/h2,4-7,9-10,17-18,20-21H,3,8,11-16H2,1H3,(H2,24,25,27)/b7-2-. The molecule has 2 N–H and O–H groups in total. The molecule has 2 saturated carbocycles. The number of ether oxygens (including phenoxy) is 1. The maximum absolute atomic E-state index is 12.2. The summed E-state index contributed by atoms with van der Waals surface area (Å²) in [6.45, 7) is 0.751. The minimum absolute atomic E-state index is 0.119. The highest BCUT2D eigenvalue weighted by atomic mass is 16.5. The maximum Gasteiger partial charge on any atom is 0.319 e. The minimum atomic E-state index is -0.138. The summed E-state index contributed by atoms with van der Waals surface area (Å²) in [7, 11) is 1.43. The van der Waals surface area contributed by atoms with Crippen LogP contribution in [0.4, 0.5) is 10.5 Å². The molecule has 28 heavy (non-hydrogen) atoms. The first-order valence-corrected chi connectivity index (χ1v) is 10.5. The van der Waals surface area contributed by atoms with Gasteiger partial charge in [0.2, 0.25) is 0 Å². The highest BCUT2D eigenvalue weighted by Crippen LogP contribution is 2.53. The molecule has 0 saturated heterocycles. The lowest BCUT2D eigenvalue weighted by Crippen LogP contribution is -2.37. The van der Waals surface area contributed by atoms with Crippen molar-refractivity contribution in [2.45, 2.75) is 44.9 Å². The molecule has 5 heteroatoms. The fourth-order valence-corrected chi connectivity index (χ4v) is 4.96. The Balaban J connectivity index is 1.42. The van der Waals surface area contributed by atoms with E-state index in [4.69, 9.17) is 0 Å². The van der Waals surface area contributed by atoms with Gasteiger partial charge < -0.3 is 15.4 Å². The molecule has 5 nitrogen and oxygen atoms in total. The SMILES string of the molecule is COC(=O)CCC/C=C\CC1C2CCC(C2)C1CNC(=O)Nc1ccccc1. The van der Waals surface area contributed by atoms with E-state index in [2.05, 4.69) is 27.5 Å². The third-order valence-electron chi connectivity index (χ3n) is 6.36. The lowest BCUT2D eigenvalue weighted by Gasteiger charge is -2.30. The molecule has 2 fully saturated rings. The van der Waals surface area contributed by atoms with Crippen LogP contribution in [0.2, 0.25) is 0 Å². The number of fused-ring (bicyclic) bond motifs is 2. The van der Waals surface area contributed by atoms with Crippen molar-refractivity contribution in [2.75, 3.05) is 19.0 Å². The number of carbonyl (C=O) groups excluding carboxylic acids is 2. The summed E-state index contributed by atoms with van der Waals surface area (Å²) in [5.74, 6) is 2.64. The summed E-state index contributed by atoms with van der Waals surface area (Å²) in [4.78, 5) is 23.4. The molecule has 2 amide bonds. The number of urea groups is 1. The van der Waals surface area contributed by atoms with E-state index in [1.54, 1.807) is 0 Å². The first-order chi connectivity index (χ1) is 13.7. The van der Waals surface area contributed by atoms with Crippen molar-refractivity contribution >= 4 is 17.7 Å². The van der Waals surface area contributed by atoms with Gasteiger partial charge in [0.25, 0.3) is 0 Å². The number of allylic oxidation sites excluding steroid dienone is 2. The van der Waals surface area contributed by atoms with Crippen LogP contribution < -0.4 is 10.6 Å². The van der Waals surface area contributed by atoms with Crippen LogP contribution in [0, 0.1) is 23.7 Å². The maximum atomic E-state index is 12.2. The van der Waals surface area contributed by atoms with Crippen molar-refractivity contribution in [1.82, 2.24) is 5.32 Å². The Hall–Kier alpha value is -2.30. The Morgan fingerprint density at radius 2 is 1.86 bits per heavy atom. The van der Waals surface area contributed by atoms with Crippen LogP contribution in [-0.2, 0) is 9.53 Å². The van der Waals surface area contributed by atoms with Crippen molar-refractivity contribution in [3.8, 4) is 0 Å². The van der Waals surface area contributed by atoms with E-state index < -0.39 is 0 Å². The molecular weight excluding hydrogens is 352 g/mol. The fourth-order valence-electron chi connectivity index (χ4n) is 4.96. The van der Waals surface area contributed by atoms with Gasteiger partial charge in [-0.25, -0.2) is 4.79 Å². The zero-order valence-electron chi connectivity index (χ0n) is 16.7. The van der Waals surface area contributed by atoms with Gasteiger partial charge in [0.15, 0.2) is 0 Å². The van der Waals surface area contributed by atoms with Gasteiger partial charge in [-0.1, -0.05) is 30.4 Å². The predicted octanol–water partition coefficient (Wildman–Crippen LogP) is 4.76. The number of methoxy groups -OCH3 is 1. The Morgan fingerprint density at radius 3 is 2.61 bits per heavy atom. The number of nitrogens with one attached hydrogen (secondary N) is 2. The van der Waals surface area contributed by atoms with E-state index in [0.717, 1.165) is 43.3 Å². The quantitative estimate of drug-likeness (QED) is 0.366. The molecule has 3 rings (SSSR count). The molecule has 4 atom stereocenters. The van der Waals surface area contributed by atoms with Gasteiger partial charge in [0.05, 0.1) is 7.11 Å². The van der Waals surface area contributed by atoms with E-state index in [9.17, 15) is 9.59 Å². The average Bonchev–Trinajstić information content (AvgIpc) is 3.31. The minimum Gasteiger partial charge on any atom is -0.469 e. The molecule has 1 aromatic carbocycles. The van der Waals surface area contributed by atoms with E-state index in [-0.39, 0.29) is 12.0 Å². The molecule has 0 heterocycles. The number of hydrogen-bond donors (Lipinski definition) is 2. The number of unbranched alkanes of at least 4 members (excludes halogenated alkanes) is 1. The fraction of sp³-hybridized carbons (Fsp3) is 0.565. The van der Waals surface area contributed by atoms with E-state index in [1.165, 1.54) is 26.4 Å². The normalized spacial score (nSPS) is 25.8. The van der Waals surface area contributed by atoms with Crippen LogP contribution in [0.3, 0.4) is 0 Å². The van der Waals surface area contributed by atoms with Crippen LogP contribution in [0.15, 0.2) is 42.5 Å². The second-order valence-corrected chi connectivity index (χ2v) is 8.04. The molecule has 0 aliphatic heterocycles. The third kappa shape index (κ3) is 5.60. The summed E-state index contributed by atoms with van der Waals surface area (Å²) in [5.41, 5.74) is 0.819. The zero-order valence-corrected chi connectivity index (χ0v) is 16.7. The van der Waals surface area contributed by atoms with Crippen LogP contribution in [0.5, 0.6) is 0 Å². The molecular formula is C23H32N2O3. The lowest BCUT2D eigenvalue weighted by atomic mass is 9.77. The van der Waals surface area contributed by atoms with Gasteiger partial charge in [-0.3, -0.25) is 4.79 Å². The van der Waals surface area contributed by atoms with E-state index >= 15 is 0 Å². The van der Waals surface area contributed by atoms with E-state index in [0.29, 0.717) is 18.3 Å². The molecule has 0 aromatic heterocycles. The monoisotopic (exact) mass is 384 g/mol. The van der Waals surface area contributed by atoms with Gasteiger partial charge in [-0.2, -0.15) is 0 Å². The number of para-hydroxylation sites is 1. The topological polar surface area (TPSA) is 67.4 Å². The number of anilines is 1. The van der Waals surface area contributed by atoms with E-state index in [1.807, 2.05) is 30.3 Å². The molecule has 1 aromatic rings. The molecule has 2 aliphatic carbocycles. The van der Waals surface area contributed by atoms with Gasteiger partial charge in [-0.15, -0.1) is 0 Å². The predicted molar refractivity (Wildman–Crippen MR) is 111 cm³/mol. The summed E-state index contributed by atoms with van der Waals surface area (Å²) >= 11 is 0. The second-order valence-electron chi connectivity index (χ2n) is 8.04. The average molecular weight is 385 g/mol. The highest BCUT2D eigenvalue weighted by Gasteiger charge is 2.46. The molecule has 2 aliphatic rings. The van der Waals surface area contributed by atoms with Crippen LogP contribution >= 0.6 is 0 Å². The summed E-state index contributed by atoms with van der Waals surface area (Å²) in [5, 5.41) is 6.00.